The molecule has 1 aliphatic heterocycles. The molecule has 2 atom stereocenters. The Balaban J connectivity index is 2.09. The smallest absolute Gasteiger partial charge is 0.363 e. The van der Waals surface area contributed by atoms with E-state index in [1.807, 2.05) is 4.90 Å². The van der Waals surface area contributed by atoms with Crippen LogP contribution in [-0.4, -0.2) is 45.9 Å². The Morgan fingerprint density at radius 3 is 2.89 bits per heavy atom. The number of pyridine rings is 1. The Kier molecular flexibility index (Phi) is 3.73. The van der Waals surface area contributed by atoms with E-state index >= 15 is 0 Å². The van der Waals surface area contributed by atoms with Gasteiger partial charge in [-0.25, -0.2) is 0 Å². The van der Waals surface area contributed by atoms with E-state index in [4.69, 9.17) is 5.11 Å². The molecule has 2 unspecified atom stereocenters. The van der Waals surface area contributed by atoms with Crippen molar-refractivity contribution in [2.75, 3.05) is 24.6 Å². The van der Waals surface area contributed by atoms with Crippen molar-refractivity contribution in [1.29, 1.82) is 0 Å². The van der Waals surface area contributed by atoms with Gasteiger partial charge >= 0.3 is 5.82 Å². The van der Waals surface area contributed by atoms with Gasteiger partial charge in [0.1, 0.15) is 0 Å². The summed E-state index contributed by atoms with van der Waals surface area (Å²) in [5.41, 5.74) is 0.769. The molecular formula is C11H15N3O4. The van der Waals surface area contributed by atoms with E-state index in [0.29, 0.717) is 19.5 Å². The Hall–Kier alpha value is -1.73. The number of aliphatic hydroxyl groups is 2. The van der Waals surface area contributed by atoms with Gasteiger partial charge in [0.05, 0.1) is 18.4 Å². The van der Waals surface area contributed by atoms with Gasteiger partial charge in [0, 0.05) is 25.1 Å². The van der Waals surface area contributed by atoms with Crippen LogP contribution in [0.25, 0.3) is 0 Å². The molecule has 18 heavy (non-hydrogen) atoms. The number of rotatable bonds is 3. The van der Waals surface area contributed by atoms with E-state index in [-0.39, 0.29) is 18.3 Å². The average Bonchev–Trinajstić information content (AvgIpc) is 2.39. The predicted molar refractivity (Wildman–Crippen MR) is 64.3 cm³/mol. The van der Waals surface area contributed by atoms with Crippen molar-refractivity contribution >= 4 is 11.5 Å². The first kappa shape index (κ1) is 12.7. The summed E-state index contributed by atoms with van der Waals surface area (Å²) in [6.07, 6.45) is 1.53. The summed E-state index contributed by atoms with van der Waals surface area (Å²) in [7, 11) is 0. The van der Waals surface area contributed by atoms with Gasteiger partial charge in [-0.1, -0.05) is 0 Å². The van der Waals surface area contributed by atoms with E-state index < -0.39 is 11.0 Å². The van der Waals surface area contributed by atoms with Crippen molar-refractivity contribution < 1.29 is 15.1 Å². The third kappa shape index (κ3) is 2.57. The Morgan fingerprint density at radius 2 is 2.33 bits per heavy atom. The highest BCUT2D eigenvalue weighted by atomic mass is 16.6. The lowest BCUT2D eigenvalue weighted by molar-refractivity contribution is -0.389. The van der Waals surface area contributed by atoms with Crippen molar-refractivity contribution in [3.63, 3.8) is 0 Å². The molecule has 2 rings (SSSR count). The fourth-order valence-electron chi connectivity index (χ4n) is 2.11. The van der Waals surface area contributed by atoms with Gasteiger partial charge in [0.25, 0.3) is 0 Å². The lowest BCUT2D eigenvalue weighted by Crippen LogP contribution is -2.44. The normalized spacial score (nSPS) is 24.0. The van der Waals surface area contributed by atoms with Crippen molar-refractivity contribution in [3.05, 3.63) is 28.4 Å². The molecule has 0 aromatic carbocycles. The molecule has 1 aliphatic rings. The van der Waals surface area contributed by atoms with Gasteiger partial charge in [-0.3, -0.25) is 0 Å². The molecule has 0 aliphatic carbocycles. The van der Waals surface area contributed by atoms with Crippen LogP contribution in [-0.2, 0) is 0 Å². The molecule has 1 fully saturated rings. The summed E-state index contributed by atoms with van der Waals surface area (Å²) in [5.74, 6) is -0.372. The number of aliphatic hydroxyl groups excluding tert-OH is 2. The van der Waals surface area contributed by atoms with Crippen molar-refractivity contribution in [3.8, 4) is 0 Å². The first-order valence-electron chi connectivity index (χ1n) is 5.76. The highest BCUT2D eigenvalue weighted by Crippen LogP contribution is 2.23. The number of aromatic nitrogens is 1. The zero-order chi connectivity index (χ0) is 13.1. The van der Waals surface area contributed by atoms with E-state index in [9.17, 15) is 15.2 Å². The van der Waals surface area contributed by atoms with Gasteiger partial charge in [-0.05, 0) is 22.4 Å². The van der Waals surface area contributed by atoms with E-state index in [1.165, 1.54) is 12.3 Å². The van der Waals surface area contributed by atoms with Crippen LogP contribution in [0.3, 0.4) is 0 Å². The Bertz CT molecular complexity index is 423. The monoisotopic (exact) mass is 253 g/mol. The highest BCUT2D eigenvalue weighted by molar-refractivity contribution is 5.47. The van der Waals surface area contributed by atoms with Crippen LogP contribution in [0.15, 0.2) is 18.3 Å². The summed E-state index contributed by atoms with van der Waals surface area (Å²) in [6.45, 7) is 1.10. The minimum atomic E-state index is -0.541. The number of anilines is 1. The summed E-state index contributed by atoms with van der Waals surface area (Å²) < 4.78 is 0. The predicted octanol–water partition coefficient (Wildman–Crippen LogP) is 0.169. The fraction of sp³-hybridized carbons (Fsp3) is 0.545. The van der Waals surface area contributed by atoms with Crippen LogP contribution in [0.1, 0.15) is 6.42 Å². The first-order chi connectivity index (χ1) is 8.61. The number of nitrogens with zero attached hydrogens (tertiary/aromatic N) is 3. The standard InChI is InChI=1S/C11H15N3O4/c15-7-8-6-13(4-3-10(8)16)9-1-2-11(12-5-9)14(17)18/h1-2,5,8,10,15-16H,3-4,6-7H2. The Labute approximate surface area is 104 Å². The molecule has 1 saturated heterocycles. The zero-order valence-corrected chi connectivity index (χ0v) is 9.77. The third-order valence-electron chi connectivity index (χ3n) is 3.21. The maximum absolute atomic E-state index is 10.5. The van der Waals surface area contributed by atoms with Gasteiger partial charge in [-0.2, -0.15) is 0 Å². The van der Waals surface area contributed by atoms with Gasteiger partial charge in [-0.15, -0.1) is 0 Å². The Morgan fingerprint density at radius 1 is 1.56 bits per heavy atom. The molecule has 1 aromatic heterocycles. The molecule has 0 amide bonds. The largest absolute Gasteiger partial charge is 0.396 e. The van der Waals surface area contributed by atoms with Crippen LogP contribution in [0.5, 0.6) is 0 Å². The highest BCUT2D eigenvalue weighted by Gasteiger charge is 2.27. The molecule has 1 aromatic rings. The summed E-state index contributed by atoms with van der Waals surface area (Å²) in [5, 5.41) is 29.3. The van der Waals surface area contributed by atoms with E-state index in [2.05, 4.69) is 4.98 Å². The van der Waals surface area contributed by atoms with E-state index in [0.717, 1.165) is 5.69 Å². The summed E-state index contributed by atoms with van der Waals surface area (Å²) in [6, 6.07) is 2.99. The van der Waals surface area contributed by atoms with Crippen LogP contribution < -0.4 is 4.90 Å². The number of hydrogen-bond donors (Lipinski definition) is 2. The van der Waals surface area contributed by atoms with Crippen molar-refractivity contribution in [1.82, 2.24) is 4.98 Å². The molecular weight excluding hydrogens is 238 g/mol. The molecule has 2 heterocycles. The molecule has 0 radical (unpaired) electrons. The second-order valence-corrected chi connectivity index (χ2v) is 4.38. The van der Waals surface area contributed by atoms with Crippen LogP contribution in [0.4, 0.5) is 11.5 Å². The number of nitro groups is 1. The van der Waals surface area contributed by atoms with E-state index in [1.54, 1.807) is 6.07 Å². The second-order valence-electron chi connectivity index (χ2n) is 4.38. The SMILES string of the molecule is O=[N+]([O-])c1ccc(N2CCC(O)C(CO)C2)cn1. The lowest BCUT2D eigenvalue weighted by atomic mass is 9.95. The third-order valence-corrected chi connectivity index (χ3v) is 3.21. The second kappa shape index (κ2) is 5.28. The molecule has 7 nitrogen and oxygen atoms in total. The molecule has 0 bridgehead atoms. The fourth-order valence-corrected chi connectivity index (χ4v) is 2.11. The summed E-state index contributed by atoms with van der Waals surface area (Å²) in [4.78, 5) is 15.7. The van der Waals surface area contributed by atoms with Crippen molar-refractivity contribution in [2.45, 2.75) is 12.5 Å². The van der Waals surface area contributed by atoms with Gasteiger partial charge in [0.2, 0.25) is 0 Å². The molecule has 7 heteroatoms. The number of piperidine rings is 1. The molecule has 0 saturated carbocycles. The lowest BCUT2D eigenvalue weighted by Gasteiger charge is -2.36. The zero-order valence-electron chi connectivity index (χ0n) is 9.77. The van der Waals surface area contributed by atoms with Crippen LogP contribution in [0.2, 0.25) is 0 Å². The topological polar surface area (TPSA) is 99.7 Å². The maximum atomic E-state index is 10.5. The van der Waals surface area contributed by atoms with Gasteiger partial charge < -0.3 is 25.2 Å². The minimum absolute atomic E-state index is 0.0714. The quantitative estimate of drug-likeness (QED) is 0.588. The molecule has 98 valence electrons. The molecule has 2 N–H and O–H groups in total. The van der Waals surface area contributed by atoms with Gasteiger partial charge in [0.15, 0.2) is 6.20 Å². The van der Waals surface area contributed by atoms with Crippen molar-refractivity contribution in [2.24, 2.45) is 5.92 Å². The van der Waals surface area contributed by atoms with Crippen LogP contribution >= 0.6 is 0 Å². The minimum Gasteiger partial charge on any atom is -0.396 e. The molecule has 0 spiro atoms. The van der Waals surface area contributed by atoms with Crippen LogP contribution in [0, 0.1) is 16.0 Å². The average molecular weight is 253 g/mol. The maximum Gasteiger partial charge on any atom is 0.363 e. The summed E-state index contributed by atoms with van der Waals surface area (Å²) >= 11 is 0. The number of hydrogen-bond acceptors (Lipinski definition) is 6. The first-order valence-corrected chi connectivity index (χ1v) is 5.76.